The third-order valence-electron chi connectivity index (χ3n) is 2.50. The van der Waals surface area contributed by atoms with Gasteiger partial charge in [-0.15, -0.1) is 0 Å². The maximum Gasteiger partial charge on any atom is 0.408 e. The highest BCUT2D eigenvalue weighted by atomic mass is 16.6. The molecule has 7 heteroatoms. The van der Waals surface area contributed by atoms with Crippen molar-refractivity contribution >= 4 is 17.7 Å². The lowest BCUT2D eigenvalue weighted by Gasteiger charge is -2.23. The molecule has 1 rings (SSSR count). The Labute approximate surface area is 129 Å². The molecular formula is C15H22N2O5. The summed E-state index contributed by atoms with van der Waals surface area (Å²) in [5.74, 6) is -0.616. The molecule has 0 aliphatic carbocycles. The van der Waals surface area contributed by atoms with Crippen LogP contribution < -0.4 is 15.8 Å². The first-order valence-corrected chi connectivity index (χ1v) is 6.86. The third kappa shape index (κ3) is 6.83. The predicted molar refractivity (Wildman–Crippen MR) is 81.8 cm³/mol. The second-order valence-electron chi connectivity index (χ2n) is 5.79. The van der Waals surface area contributed by atoms with Crippen LogP contribution in [-0.4, -0.2) is 35.4 Å². The number of para-hydroxylation sites is 2. The number of alkyl carbamates (subject to hydrolysis) is 1. The number of nitrogen functional groups attached to an aromatic ring is 1. The number of nitrogens with two attached hydrogens (primary N) is 1. The lowest BCUT2D eigenvalue weighted by molar-refractivity contribution is -0.137. The van der Waals surface area contributed by atoms with E-state index in [1.807, 2.05) is 0 Å². The van der Waals surface area contributed by atoms with Gasteiger partial charge in [0.2, 0.25) is 0 Å². The summed E-state index contributed by atoms with van der Waals surface area (Å²) < 4.78 is 10.6. The van der Waals surface area contributed by atoms with E-state index in [1.165, 1.54) is 0 Å². The maximum atomic E-state index is 11.7. The van der Waals surface area contributed by atoms with Crippen molar-refractivity contribution in [3.05, 3.63) is 24.3 Å². The second kappa shape index (κ2) is 7.53. The molecule has 0 unspecified atom stereocenters. The molecule has 1 aromatic rings. The van der Waals surface area contributed by atoms with Crippen LogP contribution in [0.2, 0.25) is 0 Å². The number of nitrogens with one attached hydrogen (secondary N) is 1. The Kier molecular flexibility index (Phi) is 6.03. The van der Waals surface area contributed by atoms with Gasteiger partial charge in [-0.2, -0.15) is 0 Å². The maximum absolute atomic E-state index is 11.7. The van der Waals surface area contributed by atoms with Gasteiger partial charge in [0.1, 0.15) is 18.0 Å². The summed E-state index contributed by atoms with van der Waals surface area (Å²) in [6, 6.07) is 6.12. The van der Waals surface area contributed by atoms with Crippen LogP contribution in [0.4, 0.5) is 10.5 Å². The van der Waals surface area contributed by atoms with Gasteiger partial charge in [0.25, 0.3) is 0 Å². The molecule has 1 atom stereocenters. The van der Waals surface area contributed by atoms with Crippen molar-refractivity contribution in [1.82, 2.24) is 5.32 Å². The molecule has 0 heterocycles. The first-order chi connectivity index (χ1) is 10.2. The van der Waals surface area contributed by atoms with E-state index in [1.54, 1.807) is 45.0 Å². The molecule has 1 amide bonds. The minimum atomic E-state index is -1.05. The van der Waals surface area contributed by atoms with Gasteiger partial charge in [0.15, 0.2) is 0 Å². The highest BCUT2D eigenvalue weighted by Crippen LogP contribution is 2.20. The lowest BCUT2D eigenvalue weighted by Crippen LogP contribution is -2.43. The minimum absolute atomic E-state index is 0.0280. The summed E-state index contributed by atoms with van der Waals surface area (Å²) in [5, 5.41) is 11.4. The van der Waals surface area contributed by atoms with E-state index in [4.69, 9.17) is 20.3 Å². The summed E-state index contributed by atoms with van der Waals surface area (Å²) in [6.45, 7) is 5.14. The number of carbonyl (C=O) groups is 2. The van der Waals surface area contributed by atoms with Gasteiger partial charge in [0, 0.05) is 0 Å². The topological polar surface area (TPSA) is 111 Å². The lowest BCUT2D eigenvalue weighted by atomic mass is 10.2. The Bertz CT molecular complexity index is 525. The van der Waals surface area contributed by atoms with E-state index in [0.29, 0.717) is 11.4 Å². The molecule has 122 valence electrons. The zero-order valence-corrected chi connectivity index (χ0v) is 13.0. The summed E-state index contributed by atoms with van der Waals surface area (Å²) in [7, 11) is 0. The zero-order chi connectivity index (χ0) is 16.8. The van der Waals surface area contributed by atoms with Crippen molar-refractivity contribution in [2.45, 2.75) is 38.8 Å². The fourth-order valence-corrected chi connectivity index (χ4v) is 1.64. The van der Waals surface area contributed by atoms with E-state index >= 15 is 0 Å². The number of benzene rings is 1. The van der Waals surface area contributed by atoms with E-state index in [2.05, 4.69) is 5.32 Å². The molecule has 0 saturated heterocycles. The highest BCUT2D eigenvalue weighted by Gasteiger charge is 2.22. The first kappa shape index (κ1) is 17.6. The van der Waals surface area contributed by atoms with Crippen molar-refractivity contribution in [1.29, 1.82) is 0 Å². The quantitative estimate of drug-likeness (QED) is 0.693. The average Bonchev–Trinajstić information content (AvgIpc) is 2.34. The third-order valence-corrected chi connectivity index (χ3v) is 2.50. The molecule has 0 aliphatic rings. The number of carbonyl (C=O) groups excluding carboxylic acids is 1. The summed E-state index contributed by atoms with van der Waals surface area (Å²) in [5.41, 5.74) is 5.51. The highest BCUT2D eigenvalue weighted by molar-refractivity contribution is 5.71. The number of carboxylic acids is 1. The number of aliphatic carboxylic acids is 1. The van der Waals surface area contributed by atoms with Crippen LogP contribution in [0, 0.1) is 0 Å². The van der Waals surface area contributed by atoms with Crippen molar-refractivity contribution in [2.24, 2.45) is 0 Å². The molecular weight excluding hydrogens is 288 g/mol. The van der Waals surface area contributed by atoms with Crippen LogP contribution in [-0.2, 0) is 9.53 Å². The average molecular weight is 310 g/mol. The van der Waals surface area contributed by atoms with Gasteiger partial charge in [-0.3, -0.25) is 4.79 Å². The molecule has 0 fully saturated rings. The predicted octanol–water partition coefficient (Wildman–Crippen LogP) is 2.02. The Morgan fingerprint density at radius 1 is 1.32 bits per heavy atom. The zero-order valence-electron chi connectivity index (χ0n) is 13.0. The number of anilines is 1. The standard InChI is InChI=1S/C15H22N2O5/c1-15(2,3)22-14(20)17-10(8-13(18)19)9-21-12-7-5-4-6-11(12)16/h4-7,10H,8-9,16H2,1-3H3,(H,17,20)(H,18,19)/t10-/m0/s1. The van der Waals surface area contributed by atoms with Crippen molar-refractivity contribution in [2.75, 3.05) is 12.3 Å². The van der Waals surface area contributed by atoms with Crippen LogP contribution in [0.5, 0.6) is 5.75 Å². The number of amides is 1. The Balaban J connectivity index is 2.63. The van der Waals surface area contributed by atoms with Crippen LogP contribution in [0.25, 0.3) is 0 Å². The first-order valence-electron chi connectivity index (χ1n) is 6.86. The molecule has 0 aromatic heterocycles. The van der Waals surface area contributed by atoms with Crippen LogP contribution in [0.3, 0.4) is 0 Å². The summed E-state index contributed by atoms with van der Waals surface area (Å²) in [4.78, 5) is 22.6. The number of carboxylic acid groups (broad SMARTS) is 1. The number of hydrogen-bond acceptors (Lipinski definition) is 5. The normalized spacial score (nSPS) is 12.3. The fraction of sp³-hybridized carbons (Fsp3) is 0.467. The second-order valence-corrected chi connectivity index (χ2v) is 5.79. The van der Waals surface area contributed by atoms with E-state index in [0.717, 1.165) is 0 Å². The Morgan fingerprint density at radius 2 is 1.95 bits per heavy atom. The summed E-state index contributed by atoms with van der Waals surface area (Å²) >= 11 is 0. The van der Waals surface area contributed by atoms with Gasteiger partial charge < -0.3 is 25.6 Å². The minimum Gasteiger partial charge on any atom is -0.489 e. The van der Waals surface area contributed by atoms with Gasteiger partial charge >= 0.3 is 12.1 Å². The van der Waals surface area contributed by atoms with Crippen LogP contribution >= 0.6 is 0 Å². The van der Waals surface area contributed by atoms with E-state index in [-0.39, 0.29) is 13.0 Å². The number of hydrogen-bond donors (Lipinski definition) is 3. The van der Waals surface area contributed by atoms with Crippen molar-refractivity contribution in [3.8, 4) is 5.75 Å². The van der Waals surface area contributed by atoms with E-state index < -0.39 is 23.7 Å². The molecule has 0 bridgehead atoms. The Hall–Kier alpha value is -2.44. The van der Waals surface area contributed by atoms with Crippen LogP contribution in [0.1, 0.15) is 27.2 Å². The van der Waals surface area contributed by atoms with Gasteiger partial charge in [0.05, 0.1) is 18.2 Å². The van der Waals surface area contributed by atoms with Crippen molar-refractivity contribution in [3.63, 3.8) is 0 Å². The molecule has 0 saturated carbocycles. The molecule has 0 radical (unpaired) electrons. The van der Waals surface area contributed by atoms with Gasteiger partial charge in [-0.05, 0) is 32.9 Å². The Morgan fingerprint density at radius 3 is 2.50 bits per heavy atom. The molecule has 22 heavy (non-hydrogen) atoms. The summed E-state index contributed by atoms with van der Waals surface area (Å²) in [6.07, 6.45) is -0.977. The molecule has 0 spiro atoms. The van der Waals surface area contributed by atoms with Gasteiger partial charge in [-0.25, -0.2) is 4.79 Å². The fourth-order valence-electron chi connectivity index (χ4n) is 1.64. The monoisotopic (exact) mass is 310 g/mol. The number of rotatable bonds is 6. The van der Waals surface area contributed by atoms with Gasteiger partial charge in [-0.1, -0.05) is 12.1 Å². The smallest absolute Gasteiger partial charge is 0.408 e. The molecule has 7 nitrogen and oxygen atoms in total. The molecule has 4 N–H and O–H groups in total. The van der Waals surface area contributed by atoms with Crippen LogP contribution in [0.15, 0.2) is 24.3 Å². The van der Waals surface area contributed by atoms with E-state index in [9.17, 15) is 9.59 Å². The SMILES string of the molecule is CC(C)(C)OC(=O)N[C@H](COc1ccccc1N)CC(=O)O. The molecule has 0 aliphatic heterocycles. The number of ether oxygens (including phenoxy) is 2. The largest absolute Gasteiger partial charge is 0.489 e. The molecule has 1 aromatic carbocycles. The van der Waals surface area contributed by atoms with Crippen molar-refractivity contribution < 1.29 is 24.2 Å².